The Morgan fingerprint density at radius 1 is 1.03 bits per heavy atom. The summed E-state index contributed by atoms with van der Waals surface area (Å²) < 4.78 is 30.6. The van der Waals surface area contributed by atoms with Gasteiger partial charge in [-0.3, -0.25) is 14.4 Å². The molecule has 348 valence electrons. The molecular weight excluding hydrogens is 843 g/mol. The zero-order valence-corrected chi connectivity index (χ0v) is 37.8. The highest BCUT2D eigenvalue weighted by Gasteiger charge is 2.52. The highest BCUT2D eigenvalue weighted by Crippen LogP contribution is 2.54. The van der Waals surface area contributed by atoms with Crippen LogP contribution in [0.2, 0.25) is 0 Å². The van der Waals surface area contributed by atoms with Crippen molar-refractivity contribution < 1.29 is 53.4 Å². The Morgan fingerprint density at radius 3 is 2.40 bits per heavy atom. The number of nitrogens with two attached hydrogens (primary N) is 1. The number of anilines is 2. The highest BCUT2D eigenvalue weighted by atomic mass is 16.7. The number of benzene rings is 3. The minimum Gasteiger partial charge on any atom is -0.505 e. The van der Waals surface area contributed by atoms with Crippen LogP contribution in [0.3, 0.4) is 0 Å². The zero-order chi connectivity index (χ0) is 47.4. The van der Waals surface area contributed by atoms with Crippen LogP contribution in [-0.4, -0.2) is 93.7 Å². The normalized spacial score (nSPS) is 30.1. The van der Waals surface area contributed by atoms with E-state index in [1.165, 1.54) is 59.3 Å². The second-order valence-corrected chi connectivity index (χ2v) is 17.8. The number of allylic oxidation sites excluding steroid dienone is 2. The average Bonchev–Trinajstić information content (AvgIpc) is 3.84. The molecule has 3 aliphatic rings. The minimum absolute atomic E-state index is 0.0177. The molecule has 0 radical (unpaired) electrons. The largest absolute Gasteiger partial charge is 0.505 e. The Hall–Kier alpha value is -6.08. The van der Waals surface area contributed by atoms with Crippen molar-refractivity contribution in [1.82, 2.24) is 4.98 Å². The first-order chi connectivity index (χ1) is 30.7. The summed E-state index contributed by atoms with van der Waals surface area (Å²) in [5, 5.41) is 52.4. The van der Waals surface area contributed by atoms with Crippen molar-refractivity contribution in [2.75, 3.05) is 30.4 Å². The molecule has 7 N–H and O–H groups in total. The fraction of sp³-hybridized carbons (Fsp3) is 0.489. The lowest BCUT2D eigenvalue weighted by Crippen LogP contribution is -2.46. The average molecular weight is 900 g/mol. The van der Waals surface area contributed by atoms with Gasteiger partial charge in [0.1, 0.15) is 34.3 Å². The van der Waals surface area contributed by atoms with Crippen LogP contribution in [0.25, 0.3) is 33.0 Å². The number of aromatic hydroxyl groups is 2. The van der Waals surface area contributed by atoms with Crippen LogP contribution >= 0.6 is 0 Å². The van der Waals surface area contributed by atoms with Crippen molar-refractivity contribution in [2.24, 2.45) is 34.6 Å². The number of fused-ring (bicyclic) bond motifs is 2. The van der Waals surface area contributed by atoms with Gasteiger partial charge in [-0.15, -0.1) is 4.91 Å². The van der Waals surface area contributed by atoms with E-state index >= 15 is 0 Å². The number of phenolic OH excluding ortho intramolecular Hbond substituents is 2. The molecule has 18 heteroatoms. The van der Waals surface area contributed by atoms with Gasteiger partial charge in [-0.25, -0.2) is 4.98 Å². The number of esters is 1. The van der Waals surface area contributed by atoms with Gasteiger partial charge in [-0.2, -0.15) is 0 Å². The summed E-state index contributed by atoms with van der Waals surface area (Å²) in [6, 6.07) is 1.55. The number of aliphatic hydroxyl groups excluding tert-OH is 2. The van der Waals surface area contributed by atoms with E-state index in [1.54, 1.807) is 45.9 Å². The summed E-state index contributed by atoms with van der Waals surface area (Å²) in [5.41, 5.74) is 5.60. The van der Waals surface area contributed by atoms with Crippen molar-refractivity contribution >= 4 is 56.2 Å². The third-order valence-corrected chi connectivity index (χ3v) is 13.3. The SMILES string of the molecule is CO[C@H]1C=CO[C@@]2(C)Oc3c(C)c(=O)c4c(O)c(c5oc6cc(N7CC[C@@H](N)C7)cc(O)c6nc5c4c3C2N=O)NC(=O)C(C)=CC=C[C@H](C)[C@H](O)[C@@H](C)[C@@H](O)[C@@H](C)[C@H](OC(C)=O)[C@@H]1C. The lowest BCUT2D eigenvalue weighted by atomic mass is 9.78. The molecule has 1 unspecified atom stereocenters. The van der Waals surface area contributed by atoms with E-state index < -0.39 is 83.0 Å². The summed E-state index contributed by atoms with van der Waals surface area (Å²) in [5.74, 6) is -6.84. The first-order valence-electron chi connectivity index (χ1n) is 21.6. The first-order valence-corrected chi connectivity index (χ1v) is 21.6. The molecule has 4 aromatic rings. The predicted octanol–water partition coefficient (Wildman–Crippen LogP) is 5.87. The molecule has 0 spiro atoms. The van der Waals surface area contributed by atoms with E-state index in [1.807, 2.05) is 4.90 Å². The van der Waals surface area contributed by atoms with Crippen LogP contribution in [0, 0.1) is 35.5 Å². The van der Waals surface area contributed by atoms with Gasteiger partial charge in [-0.05, 0) is 26.3 Å². The summed E-state index contributed by atoms with van der Waals surface area (Å²) in [6.07, 6.45) is 4.22. The van der Waals surface area contributed by atoms with Crippen LogP contribution < -0.4 is 26.1 Å². The molecule has 1 fully saturated rings. The number of nitrogens with zero attached hydrogens (tertiary/aromatic N) is 3. The molecule has 1 saturated heterocycles. The third-order valence-electron chi connectivity index (χ3n) is 13.3. The maximum atomic E-state index is 14.5. The molecule has 65 heavy (non-hydrogen) atoms. The van der Waals surface area contributed by atoms with Crippen molar-refractivity contribution in [2.45, 2.75) is 104 Å². The van der Waals surface area contributed by atoms with Crippen LogP contribution in [0.1, 0.15) is 72.1 Å². The number of nitrogens with one attached hydrogen (secondary N) is 1. The standard InChI is InChI=1S/C47H57N5O13/c1-20-11-10-12-21(2)46(59)50-37-41(58)33-32(36-44(37)64-31-18-28(17-29(54)35(31)49-36)52-15-13-27(48)19-52)34-43(25(6)40(33)57)65-47(8,45(34)51-60)62-16-14-30(61-9)22(3)42(63-26(7)53)24(5)39(56)23(4)38(20)55/h10-12,14,16-18,20,22-24,27,30,38-39,42,45,54-56,58H,13,15,19,48H2,1-9H3,(H,50,59)/t20-,22+,23+,24+,27+,30-,38-,39+,42+,45?,47-/m0/s1. The molecule has 0 aliphatic carbocycles. The minimum atomic E-state index is -1.92. The number of hydrogen-bond acceptors (Lipinski definition) is 17. The molecule has 1 amide bonds. The molecule has 7 rings (SSSR count). The second-order valence-electron chi connectivity index (χ2n) is 17.8. The number of nitroso groups, excluding NO2 is 1. The second kappa shape index (κ2) is 18.1. The van der Waals surface area contributed by atoms with E-state index in [9.17, 15) is 39.7 Å². The fourth-order valence-corrected chi connectivity index (χ4v) is 9.38. The summed E-state index contributed by atoms with van der Waals surface area (Å²) in [6.45, 7) is 13.7. The zero-order valence-electron chi connectivity index (χ0n) is 37.8. The molecule has 11 atom stereocenters. The van der Waals surface area contributed by atoms with Gasteiger partial charge in [0.15, 0.2) is 28.4 Å². The number of carbonyl (C=O) groups is 2. The van der Waals surface area contributed by atoms with E-state index in [4.69, 9.17) is 34.1 Å². The van der Waals surface area contributed by atoms with E-state index in [-0.39, 0.29) is 72.9 Å². The van der Waals surface area contributed by atoms with Crippen LogP contribution in [0.4, 0.5) is 11.4 Å². The van der Waals surface area contributed by atoms with E-state index in [2.05, 4.69) is 10.5 Å². The van der Waals surface area contributed by atoms with Crippen molar-refractivity contribution in [1.29, 1.82) is 0 Å². The topological polar surface area (TPSA) is 266 Å². The van der Waals surface area contributed by atoms with Gasteiger partial charge in [-0.1, -0.05) is 51.1 Å². The monoisotopic (exact) mass is 899 g/mol. The number of ether oxygens (including phenoxy) is 4. The van der Waals surface area contributed by atoms with Crippen LogP contribution in [0.15, 0.2) is 62.7 Å². The van der Waals surface area contributed by atoms with Crippen molar-refractivity contribution in [3.8, 4) is 17.2 Å². The Kier molecular flexibility index (Phi) is 13.0. The van der Waals surface area contributed by atoms with Crippen molar-refractivity contribution in [3.63, 3.8) is 0 Å². The number of amides is 1. The van der Waals surface area contributed by atoms with Crippen LogP contribution in [-0.2, 0) is 23.8 Å². The smallest absolute Gasteiger partial charge is 0.302 e. The summed E-state index contributed by atoms with van der Waals surface area (Å²) >= 11 is 0. The number of carbonyl (C=O) groups excluding carboxylic acids is 2. The molecule has 1 aromatic heterocycles. The van der Waals surface area contributed by atoms with Gasteiger partial charge < -0.3 is 59.7 Å². The maximum Gasteiger partial charge on any atom is 0.302 e. The quantitative estimate of drug-likeness (QED) is 0.0460. The Bertz CT molecular complexity index is 2710. The van der Waals surface area contributed by atoms with Gasteiger partial charge in [0.25, 0.3) is 11.7 Å². The molecule has 18 nitrogen and oxygen atoms in total. The number of aromatic nitrogens is 1. The molecular formula is C47H57N5O13. The number of aliphatic hydroxyl groups is 2. The Balaban J connectivity index is 1.47. The van der Waals surface area contributed by atoms with E-state index in [0.29, 0.717) is 18.8 Å². The molecule has 4 bridgehead atoms. The van der Waals surface area contributed by atoms with Gasteiger partial charge in [0.2, 0.25) is 0 Å². The van der Waals surface area contributed by atoms with Gasteiger partial charge in [0, 0.05) is 104 Å². The van der Waals surface area contributed by atoms with Gasteiger partial charge in [0.05, 0.1) is 30.0 Å². The fourth-order valence-electron chi connectivity index (χ4n) is 9.38. The van der Waals surface area contributed by atoms with Crippen LogP contribution in [0.5, 0.6) is 17.2 Å². The molecule has 4 heterocycles. The number of rotatable bonds is 4. The molecule has 3 aromatic carbocycles. The van der Waals surface area contributed by atoms with E-state index in [0.717, 1.165) is 6.42 Å². The third kappa shape index (κ3) is 8.39. The predicted molar refractivity (Wildman–Crippen MR) is 243 cm³/mol. The number of methoxy groups -OCH3 is 1. The summed E-state index contributed by atoms with van der Waals surface area (Å²) in [4.78, 5) is 60.8. The van der Waals surface area contributed by atoms with Gasteiger partial charge >= 0.3 is 5.97 Å². The highest BCUT2D eigenvalue weighted by molar-refractivity contribution is 6.20. The Labute approximate surface area is 374 Å². The lowest BCUT2D eigenvalue weighted by molar-refractivity contribution is -0.160. The maximum absolute atomic E-state index is 14.5. The lowest BCUT2D eigenvalue weighted by Gasteiger charge is -2.38. The first kappa shape index (κ1) is 46.9. The Morgan fingerprint density at radius 2 is 1.75 bits per heavy atom. The number of phenols is 2. The summed E-state index contributed by atoms with van der Waals surface area (Å²) in [7, 11) is 1.43. The molecule has 3 aliphatic heterocycles. The van der Waals surface area contributed by atoms with Crippen molar-refractivity contribution in [3.05, 3.63) is 74.5 Å². The number of hydrogen-bond donors (Lipinski definition) is 6. The molecule has 0 saturated carbocycles.